The van der Waals surface area contributed by atoms with Crippen LogP contribution in [0, 0.1) is 23.2 Å². The van der Waals surface area contributed by atoms with Crippen LogP contribution in [0.5, 0.6) is 11.5 Å². The number of fused-ring (bicyclic) bond motifs is 2. The third-order valence-electron chi connectivity index (χ3n) is 6.56. The lowest BCUT2D eigenvalue weighted by Gasteiger charge is -2.55. The molecule has 29 heavy (non-hydrogen) atoms. The van der Waals surface area contributed by atoms with Gasteiger partial charge in [-0.25, -0.2) is 0 Å². The van der Waals surface area contributed by atoms with Crippen LogP contribution in [0.15, 0.2) is 29.8 Å². The van der Waals surface area contributed by atoms with E-state index in [1.807, 2.05) is 12.1 Å². The Labute approximate surface area is 172 Å². The van der Waals surface area contributed by atoms with Gasteiger partial charge in [0.1, 0.15) is 0 Å². The number of carbonyl (C=O) groups excluding carboxylic acids is 2. The van der Waals surface area contributed by atoms with Gasteiger partial charge in [-0.1, -0.05) is 31.6 Å². The molecule has 0 saturated carbocycles. The average molecular weight is 402 g/mol. The van der Waals surface area contributed by atoms with Crippen LogP contribution in [0.3, 0.4) is 0 Å². The summed E-state index contributed by atoms with van der Waals surface area (Å²) in [7, 11) is 1.55. The largest absolute Gasteiger partial charge is 0.493 e. The van der Waals surface area contributed by atoms with Gasteiger partial charge in [0.2, 0.25) is 0 Å². The first-order valence-electron chi connectivity index (χ1n) is 9.99. The van der Waals surface area contributed by atoms with Crippen molar-refractivity contribution in [1.82, 2.24) is 0 Å². The minimum absolute atomic E-state index is 0.153. The number of allylic oxidation sites excluding steroid dienone is 1. The number of hydrogen-bond donors (Lipinski definition) is 0. The van der Waals surface area contributed by atoms with Crippen molar-refractivity contribution in [2.75, 3.05) is 20.3 Å². The first-order valence-corrected chi connectivity index (χ1v) is 9.99. The van der Waals surface area contributed by atoms with Gasteiger partial charge in [0.15, 0.2) is 11.5 Å². The van der Waals surface area contributed by atoms with Gasteiger partial charge in [-0.3, -0.25) is 9.59 Å². The zero-order valence-corrected chi connectivity index (χ0v) is 18.0. The summed E-state index contributed by atoms with van der Waals surface area (Å²) in [5.74, 6) is 0.885. The second-order valence-corrected chi connectivity index (χ2v) is 8.26. The second kappa shape index (κ2) is 8.19. The molecule has 1 aromatic rings. The molecule has 1 aromatic carbocycles. The van der Waals surface area contributed by atoms with Crippen molar-refractivity contribution in [3.8, 4) is 11.5 Å². The fraction of sp³-hybridized carbons (Fsp3) is 0.565. The molecule has 1 saturated heterocycles. The summed E-state index contributed by atoms with van der Waals surface area (Å²) in [6.07, 6.45) is 2.13. The van der Waals surface area contributed by atoms with Crippen molar-refractivity contribution < 1.29 is 28.5 Å². The molecule has 0 spiro atoms. The molecule has 0 unspecified atom stereocenters. The molecule has 2 aliphatic rings. The maximum atomic E-state index is 11.5. The molecule has 1 fully saturated rings. The van der Waals surface area contributed by atoms with Crippen LogP contribution < -0.4 is 9.47 Å². The van der Waals surface area contributed by atoms with E-state index in [1.54, 1.807) is 13.2 Å². The fourth-order valence-corrected chi connectivity index (χ4v) is 4.89. The van der Waals surface area contributed by atoms with Crippen LogP contribution in [-0.2, 0) is 19.1 Å². The molecule has 0 radical (unpaired) electrons. The number of hydrogen-bond acceptors (Lipinski definition) is 6. The van der Waals surface area contributed by atoms with E-state index in [0.717, 1.165) is 5.56 Å². The molecule has 5 atom stereocenters. The van der Waals surface area contributed by atoms with Crippen LogP contribution in [0.25, 0.3) is 0 Å². The van der Waals surface area contributed by atoms with E-state index in [9.17, 15) is 9.59 Å². The third kappa shape index (κ3) is 3.90. The Morgan fingerprint density at radius 1 is 1.17 bits per heavy atom. The van der Waals surface area contributed by atoms with E-state index in [-0.39, 0.29) is 35.2 Å². The molecule has 0 N–H and O–H groups in total. The highest BCUT2D eigenvalue weighted by molar-refractivity contribution is 5.70. The lowest BCUT2D eigenvalue weighted by atomic mass is 9.56. The van der Waals surface area contributed by atoms with E-state index < -0.39 is 5.97 Å². The third-order valence-corrected chi connectivity index (χ3v) is 6.56. The van der Waals surface area contributed by atoms with Crippen LogP contribution in [-0.4, -0.2) is 32.3 Å². The summed E-state index contributed by atoms with van der Waals surface area (Å²) < 4.78 is 22.5. The van der Waals surface area contributed by atoms with Gasteiger partial charge in [0, 0.05) is 25.2 Å². The van der Waals surface area contributed by atoms with E-state index >= 15 is 0 Å². The first-order chi connectivity index (χ1) is 13.7. The Morgan fingerprint density at radius 3 is 2.52 bits per heavy atom. The predicted molar refractivity (Wildman–Crippen MR) is 108 cm³/mol. The maximum Gasteiger partial charge on any atom is 0.308 e. The van der Waals surface area contributed by atoms with E-state index in [2.05, 4.69) is 26.8 Å². The highest BCUT2D eigenvalue weighted by Gasteiger charge is 2.54. The molecule has 1 aliphatic heterocycles. The highest BCUT2D eigenvalue weighted by Crippen LogP contribution is 2.56. The molecule has 6 heteroatoms. The number of rotatable bonds is 5. The van der Waals surface area contributed by atoms with Gasteiger partial charge in [-0.05, 0) is 36.5 Å². The molecule has 1 aliphatic carbocycles. The molecule has 1 heterocycles. The summed E-state index contributed by atoms with van der Waals surface area (Å²) in [4.78, 5) is 22.8. The molecule has 0 aromatic heterocycles. The second-order valence-electron chi connectivity index (χ2n) is 8.26. The van der Waals surface area contributed by atoms with Crippen molar-refractivity contribution in [3.63, 3.8) is 0 Å². The Balaban J connectivity index is 1.95. The topological polar surface area (TPSA) is 71.1 Å². The number of methoxy groups -OCH3 is 1. The van der Waals surface area contributed by atoms with Gasteiger partial charge >= 0.3 is 11.9 Å². The van der Waals surface area contributed by atoms with Gasteiger partial charge in [0.05, 0.1) is 26.4 Å². The molecule has 6 nitrogen and oxygen atoms in total. The molecule has 2 bridgehead atoms. The lowest BCUT2D eigenvalue weighted by Crippen LogP contribution is -2.54. The van der Waals surface area contributed by atoms with Crippen molar-refractivity contribution >= 4 is 11.9 Å². The highest BCUT2D eigenvalue weighted by atomic mass is 16.6. The summed E-state index contributed by atoms with van der Waals surface area (Å²) in [5.41, 5.74) is 2.00. The minimum atomic E-state index is -0.395. The van der Waals surface area contributed by atoms with Gasteiger partial charge in [-0.15, -0.1) is 0 Å². The van der Waals surface area contributed by atoms with Crippen molar-refractivity contribution in [1.29, 1.82) is 0 Å². The predicted octanol–water partition coefficient (Wildman–Crippen LogP) is 4.09. The fourth-order valence-electron chi connectivity index (χ4n) is 4.89. The monoisotopic (exact) mass is 402 g/mol. The zero-order chi connectivity index (χ0) is 21.3. The Kier molecular flexibility index (Phi) is 6.03. The average Bonchev–Trinajstić information content (AvgIpc) is 2.65. The number of benzene rings is 1. The summed E-state index contributed by atoms with van der Waals surface area (Å²) in [6, 6.07) is 5.54. The Hall–Kier alpha value is -2.34. The summed E-state index contributed by atoms with van der Waals surface area (Å²) in [6.45, 7) is 10.2. The normalized spacial score (nSPS) is 30.9. The summed E-state index contributed by atoms with van der Waals surface area (Å²) >= 11 is 0. The van der Waals surface area contributed by atoms with Gasteiger partial charge in [-0.2, -0.15) is 0 Å². The quantitative estimate of drug-likeness (QED) is 0.420. The van der Waals surface area contributed by atoms with E-state index in [0.29, 0.717) is 24.7 Å². The van der Waals surface area contributed by atoms with Gasteiger partial charge < -0.3 is 18.9 Å². The van der Waals surface area contributed by atoms with Crippen LogP contribution >= 0.6 is 0 Å². The number of carbonyl (C=O) groups is 2. The van der Waals surface area contributed by atoms with Crippen LogP contribution in [0.4, 0.5) is 0 Å². The van der Waals surface area contributed by atoms with Crippen LogP contribution in [0.2, 0.25) is 0 Å². The first kappa shape index (κ1) is 21.4. The smallest absolute Gasteiger partial charge is 0.308 e. The molecular weight excluding hydrogens is 372 g/mol. The Morgan fingerprint density at radius 2 is 1.90 bits per heavy atom. The Bertz CT molecular complexity index is 829. The van der Waals surface area contributed by atoms with E-state index in [1.165, 1.54) is 19.4 Å². The minimum Gasteiger partial charge on any atom is -0.493 e. The molecule has 158 valence electrons. The van der Waals surface area contributed by atoms with Crippen LogP contribution in [0.1, 0.15) is 46.3 Å². The lowest BCUT2D eigenvalue weighted by molar-refractivity contribution is -0.180. The SMILES string of the molecule is COc1cc([C@H]2OC[C@]3(COC(C)=O)[C@H](C)C=C(C)[C@H]2[C@@H]3C)ccc1OC(C)=O. The van der Waals surface area contributed by atoms with E-state index in [4.69, 9.17) is 18.9 Å². The zero-order valence-electron chi connectivity index (χ0n) is 18.0. The number of ether oxygens (including phenoxy) is 4. The van der Waals surface area contributed by atoms with Crippen molar-refractivity contribution in [3.05, 3.63) is 35.4 Å². The van der Waals surface area contributed by atoms with Gasteiger partial charge in [0.25, 0.3) is 0 Å². The summed E-state index contributed by atoms with van der Waals surface area (Å²) in [5, 5.41) is 0. The van der Waals surface area contributed by atoms with Crippen molar-refractivity contribution in [2.24, 2.45) is 23.2 Å². The maximum absolute atomic E-state index is 11.5. The molecule has 0 amide bonds. The standard InChI is InChI=1S/C23H30O6/c1-13-9-14(2)23(11-27-16(4)24)12-28-22(21(13)15(23)3)18-7-8-19(29-17(5)25)20(10-18)26-6/h7-10,14-15,21-22H,11-12H2,1-6H3/t14-,15+,21+,22-,23-/m1/s1. The van der Waals surface area contributed by atoms with Crippen molar-refractivity contribution in [2.45, 2.75) is 40.7 Å². The molecular formula is C23H30O6. The number of esters is 2. The molecule has 3 rings (SSSR count).